The van der Waals surface area contributed by atoms with Gasteiger partial charge in [0.2, 0.25) is 0 Å². The van der Waals surface area contributed by atoms with Crippen LogP contribution in [-0.4, -0.2) is 14.6 Å². The van der Waals surface area contributed by atoms with Gasteiger partial charge >= 0.3 is 0 Å². The van der Waals surface area contributed by atoms with Crippen molar-refractivity contribution in [2.45, 2.75) is 17.7 Å². The van der Waals surface area contributed by atoms with Crippen LogP contribution in [0.3, 0.4) is 0 Å². The highest BCUT2D eigenvalue weighted by atomic mass is 79.9. The molecular formula is C20H16BrN3S. The average molecular weight is 410 g/mol. The third-order valence-electron chi connectivity index (χ3n) is 4.12. The molecule has 2 aromatic heterocycles. The van der Waals surface area contributed by atoms with Crippen molar-refractivity contribution in [2.75, 3.05) is 0 Å². The van der Waals surface area contributed by atoms with Crippen molar-refractivity contribution in [1.29, 1.82) is 0 Å². The molecule has 5 heteroatoms. The van der Waals surface area contributed by atoms with Gasteiger partial charge in [0.25, 0.3) is 0 Å². The molecular weight excluding hydrogens is 394 g/mol. The molecule has 0 saturated heterocycles. The predicted octanol–water partition coefficient (Wildman–Crippen LogP) is 5.76. The van der Waals surface area contributed by atoms with Gasteiger partial charge in [0, 0.05) is 28.2 Å². The van der Waals surface area contributed by atoms with E-state index in [1.807, 2.05) is 29.0 Å². The predicted molar refractivity (Wildman–Crippen MR) is 107 cm³/mol. The summed E-state index contributed by atoms with van der Waals surface area (Å²) in [5, 5.41) is 5.70. The summed E-state index contributed by atoms with van der Waals surface area (Å²) >= 11 is 5.22. The Balaban J connectivity index is 1.66. The first-order valence-corrected chi connectivity index (χ1v) is 9.76. The largest absolute Gasteiger partial charge is 0.246 e. The highest BCUT2D eigenvalue weighted by Crippen LogP contribution is 2.29. The van der Waals surface area contributed by atoms with Crippen LogP contribution in [0.5, 0.6) is 0 Å². The number of nitrogens with zero attached hydrogens (tertiary/aromatic N) is 3. The number of fused-ring (bicyclic) bond motifs is 1. The fraction of sp³-hybridized carbons (Fsp3) is 0.100. The molecule has 0 amide bonds. The topological polar surface area (TPSA) is 30.2 Å². The quantitative estimate of drug-likeness (QED) is 0.401. The summed E-state index contributed by atoms with van der Waals surface area (Å²) in [5.41, 5.74) is 5.74. The first kappa shape index (κ1) is 16.4. The number of rotatable bonds is 4. The second-order valence-electron chi connectivity index (χ2n) is 5.81. The van der Waals surface area contributed by atoms with Crippen LogP contribution in [0.4, 0.5) is 0 Å². The van der Waals surface area contributed by atoms with Gasteiger partial charge in [-0.15, -0.1) is 0 Å². The summed E-state index contributed by atoms with van der Waals surface area (Å²) in [7, 11) is 0. The van der Waals surface area contributed by atoms with Crippen LogP contribution in [0.1, 0.15) is 11.1 Å². The van der Waals surface area contributed by atoms with Gasteiger partial charge in [-0.05, 0) is 36.2 Å². The molecule has 0 fully saturated rings. The maximum absolute atomic E-state index is 4.69. The molecule has 0 unspecified atom stereocenters. The van der Waals surface area contributed by atoms with E-state index in [2.05, 4.69) is 70.3 Å². The van der Waals surface area contributed by atoms with Crippen molar-refractivity contribution in [3.63, 3.8) is 0 Å². The molecule has 4 aromatic rings. The third-order valence-corrected chi connectivity index (χ3v) is 5.69. The number of halogens is 1. The van der Waals surface area contributed by atoms with E-state index in [0.717, 1.165) is 32.0 Å². The zero-order chi connectivity index (χ0) is 17.2. The molecule has 4 rings (SSSR count). The Morgan fingerprint density at radius 2 is 1.88 bits per heavy atom. The molecule has 0 aliphatic heterocycles. The molecule has 3 nitrogen and oxygen atoms in total. The van der Waals surface area contributed by atoms with Crippen LogP contribution in [-0.2, 0) is 5.75 Å². The SMILES string of the molecule is Cc1ccccc1CSc1nccn2nc(-c3ccc(Br)cc3)cc12. The number of benzene rings is 2. The van der Waals surface area contributed by atoms with Gasteiger partial charge in [-0.2, -0.15) is 5.10 Å². The maximum Gasteiger partial charge on any atom is 0.122 e. The van der Waals surface area contributed by atoms with E-state index < -0.39 is 0 Å². The van der Waals surface area contributed by atoms with E-state index in [1.54, 1.807) is 11.8 Å². The van der Waals surface area contributed by atoms with Crippen LogP contribution < -0.4 is 0 Å². The zero-order valence-corrected chi connectivity index (χ0v) is 16.1. The van der Waals surface area contributed by atoms with Crippen molar-refractivity contribution in [1.82, 2.24) is 14.6 Å². The lowest BCUT2D eigenvalue weighted by Gasteiger charge is -2.05. The smallest absolute Gasteiger partial charge is 0.122 e. The van der Waals surface area contributed by atoms with Crippen LogP contribution in [0.2, 0.25) is 0 Å². The fourth-order valence-electron chi connectivity index (χ4n) is 2.69. The summed E-state index contributed by atoms with van der Waals surface area (Å²) in [6.45, 7) is 2.15. The zero-order valence-electron chi connectivity index (χ0n) is 13.7. The Hall–Kier alpha value is -2.11. The average Bonchev–Trinajstić information content (AvgIpc) is 3.06. The van der Waals surface area contributed by atoms with Gasteiger partial charge in [0.1, 0.15) is 5.03 Å². The molecule has 0 N–H and O–H groups in total. The standard InChI is InChI=1S/C20H16BrN3S/c1-14-4-2-3-5-16(14)13-25-20-19-12-18(23-24(19)11-10-22-20)15-6-8-17(21)9-7-15/h2-12H,13H2,1H3. The monoisotopic (exact) mass is 409 g/mol. The number of aryl methyl sites for hydroxylation is 1. The Bertz CT molecular complexity index is 1020. The molecule has 0 aliphatic carbocycles. The first-order valence-electron chi connectivity index (χ1n) is 7.98. The van der Waals surface area contributed by atoms with Gasteiger partial charge < -0.3 is 0 Å². The van der Waals surface area contributed by atoms with Crippen molar-refractivity contribution in [2.24, 2.45) is 0 Å². The van der Waals surface area contributed by atoms with Crippen LogP contribution >= 0.6 is 27.7 Å². The van der Waals surface area contributed by atoms with Crippen molar-refractivity contribution < 1.29 is 0 Å². The van der Waals surface area contributed by atoms with Crippen LogP contribution in [0.15, 0.2) is 76.5 Å². The third kappa shape index (κ3) is 3.48. The summed E-state index contributed by atoms with van der Waals surface area (Å²) in [6, 6.07) is 18.8. The molecule has 0 saturated carbocycles. The summed E-state index contributed by atoms with van der Waals surface area (Å²) in [5.74, 6) is 0.901. The van der Waals surface area contributed by atoms with Crippen LogP contribution in [0, 0.1) is 6.92 Å². The van der Waals surface area contributed by atoms with Crippen LogP contribution in [0.25, 0.3) is 16.8 Å². The lowest BCUT2D eigenvalue weighted by molar-refractivity contribution is 0.920. The number of thioether (sulfide) groups is 1. The number of hydrogen-bond acceptors (Lipinski definition) is 3. The molecule has 0 radical (unpaired) electrons. The van der Waals surface area contributed by atoms with E-state index >= 15 is 0 Å². The molecule has 0 atom stereocenters. The highest BCUT2D eigenvalue weighted by Gasteiger charge is 2.10. The van der Waals surface area contributed by atoms with E-state index in [9.17, 15) is 0 Å². The molecule has 2 aromatic carbocycles. The van der Waals surface area contributed by atoms with E-state index in [0.29, 0.717) is 0 Å². The van der Waals surface area contributed by atoms with Gasteiger partial charge in [0.15, 0.2) is 0 Å². The molecule has 0 bridgehead atoms. The van der Waals surface area contributed by atoms with Crippen molar-refractivity contribution in [3.8, 4) is 11.3 Å². The second kappa shape index (κ2) is 7.02. The summed E-state index contributed by atoms with van der Waals surface area (Å²) in [4.78, 5) is 4.57. The first-order chi connectivity index (χ1) is 12.2. The summed E-state index contributed by atoms with van der Waals surface area (Å²) < 4.78 is 2.97. The Labute approximate surface area is 159 Å². The minimum absolute atomic E-state index is 0.901. The minimum Gasteiger partial charge on any atom is -0.246 e. The Kier molecular flexibility index (Phi) is 4.59. The lowest BCUT2D eigenvalue weighted by atomic mass is 10.1. The Morgan fingerprint density at radius 3 is 2.68 bits per heavy atom. The van der Waals surface area contributed by atoms with E-state index in [4.69, 9.17) is 5.10 Å². The minimum atomic E-state index is 0.901. The molecule has 0 aliphatic rings. The molecule has 25 heavy (non-hydrogen) atoms. The van der Waals surface area contributed by atoms with Gasteiger partial charge in [-0.1, -0.05) is 64.1 Å². The maximum atomic E-state index is 4.69. The Morgan fingerprint density at radius 1 is 1.08 bits per heavy atom. The van der Waals surface area contributed by atoms with Crippen molar-refractivity contribution in [3.05, 3.63) is 82.6 Å². The van der Waals surface area contributed by atoms with E-state index in [-0.39, 0.29) is 0 Å². The highest BCUT2D eigenvalue weighted by molar-refractivity contribution is 9.10. The molecule has 0 spiro atoms. The summed E-state index contributed by atoms with van der Waals surface area (Å²) in [6.07, 6.45) is 3.71. The molecule has 2 heterocycles. The number of hydrogen-bond donors (Lipinski definition) is 0. The van der Waals surface area contributed by atoms with Gasteiger partial charge in [-0.25, -0.2) is 9.50 Å². The normalized spacial score (nSPS) is 11.1. The van der Waals surface area contributed by atoms with Gasteiger partial charge in [-0.3, -0.25) is 0 Å². The fourth-order valence-corrected chi connectivity index (χ4v) is 4.01. The van der Waals surface area contributed by atoms with Crippen molar-refractivity contribution >= 4 is 33.2 Å². The lowest BCUT2D eigenvalue weighted by Crippen LogP contribution is -1.92. The van der Waals surface area contributed by atoms with Gasteiger partial charge in [0.05, 0.1) is 11.2 Å². The molecule has 124 valence electrons. The van der Waals surface area contributed by atoms with E-state index in [1.165, 1.54) is 11.1 Å². The second-order valence-corrected chi connectivity index (χ2v) is 7.69. The number of aromatic nitrogens is 3.